The normalized spacial score (nSPS) is 20.7. The molecular formula is C22H33ClN2O4S. The SMILES string of the molecule is CCCCS(=O)(=O)N1CCC(C(=O)NCC2(c3cccc(Cl)c3)CCOCC2)CC1. The number of hydrogen-bond acceptors (Lipinski definition) is 4. The second-order valence-electron chi connectivity index (χ2n) is 8.46. The Hall–Kier alpha value is -1.15. The van der Waals surface area contributed by atoms with Crippen LogP contribution in [0.5, 0.6) is 0 Å². The zero-order chi connectivity index (χ0) is 21.6. The Bertz CT molecular complexity index is 816. The second kappa shape index (κ2) is 10.4. The van der Waals surface area contributed by atoms with E-state index in [2.05, 4.69) is 11.4 Å². The Balaban J connectivity index is 1.58. The van der Waals surface area contributed by atoms with Crippen molar-refractivity contribution in [3.63, 3.8) is 0 Å². The first-order valence-electron chi connectivity index (χ1n) is 11.0. The van der Waals surface area contributed by atoms with Crippen molar-refractivity contribution in [3.8, 4) is 0 Å². The minimum Gasteiger partial charge on any atom is -0.381 e. The first-order valence-corrected chi connectivity index (χ1v) is 12.9. The van der Waals surface area contributed by atoms with E-state index >= 15 is 0 Å². The second-order valence-corrected chi connectivity index (χ2v) is 11.0. The summed E-state index contributed by atoms with van der Waals surface area (Å²) in [6, 6.07) is 7.87. The Morgan fingerprint density at radius 2 is 1.97 bits per heavy atom. The van der Waals surface area contributed by atoms with Gasteiger partial charge in [-0.15, -0.1) is 0 Å². The van der Waals surface area contributed by atoms with Crippen molar-refractivity contribution < 1.29 is 17.9 Å². The van der Waals surface area contributed by atoms with Gasteiger partial charge in [-0.05, 0) is 49.8 Å². The number of halogens is 1. The van der Waals surface area contributed by atoms with Crippen LogP contribution in [0, 0.1) is 5.92 Å². The van der Waals surface area contributed by atoms with Crippen LogP contribution in [0.25, 0.3) is 0 Å². The Morgan fingerprint density at radius 3 is 2.60 bits per heavy atom. The molecule has 6 nitrogen and oxygen atoms in total. The molecule has 2 aliphatic heterocycles. The maximum atomic E-state index is 12.9. The van der Waals surface area contributed by atoms with E-state index in [4.69, 9.17) is 16.3 Å². The van der Waals surface area contributed by atoms with Crippen molar-refractivity contribution in [2.45, 2.75) is 50.9 Å². The molecule has 2 fully saturated rings. The monoisotopic (exact) mass is 456 g/mol. The first-order chi connectivity index (χ1) is 14.4. The standard InChI is InChI=1S/C22H33ClN2O4S/c1-2-3-15-30(27,28)25-11-7-18(8-12-25)21(26)24-17-22(9-13-29-14-10-22)19-5-4-6-20(23)16-19/h4-6,16,18H,2-3,7-15,17H2,1H3,(H,24,26). The Kier molecular flexibility index (Phi) is 8.18. The lowest BCUT2D eigenvalue weighted by Gasteiger charge is -2.38. The highest BCUT2D eigenvalue weighted by Crippen LogP contribution is 2.35. The molecule has 2 aliphatic rings. The molecule has 2 saturated heterocycles. The van der Waals surface area contributed by atoms with Gasteiger partial charge in [0.1, 0.15) is 0 Å². The minimum absolute atomic E-state index is 0.0218. The van der Waals surface area contributed by atoms with Crippen molar-refractivity contribution in [2.75, 3.05) is 38.6 Å². The predicted octanol–water partition coefficient (Wildman–Crippen LogP) is 3.35. The highest BCUT2D eigenvalue weighted by atomic mass is 35.5. The number of rotatable bonds is 8. The lowest BCUT2D eigenvalue weighted by atomic mass is 9.74. The summed E-state index contributed by atoms with van der Waals surface area (Å²) >= 11 is 6.22. The molecule has 0 spiro atoms. The van der Waals surface area contributed by atoms with Crippen LogP contribution in [0.2, 0.25) is 5.02 Å². The first kappa shape index (κ1) is 23.5. The lowest BCUT2D eigenvalue weighted by molar-refractivity contribution is -0.126. The largest absolute Gasteiger partial charge is 0.381 e. The fourth-order valence-electron chi connectivity index (χ4n) is 4.40. The van der Waals surface area contributed by atoms with Crippen molar-refractivity contribution in [2.24, 2.45) is 5.92 Å². The van der Waals surface area contributed by atoms with Crippen LogP contribution in [-0.4, -0.2) is 57.2 Å². The molecule has 1 N–H and O–H groups in total. The predicted molar refractivity (Wildman–Crippen MR) is 119 cm³/mol. The van der Waals surface area contributed by atoms with E-state index in [0.29, 0.717) is 57.1 Å². The molecule has 168 valence electrons. The number of amides is 1. The molecule has 0 radical (unpaired) electrons. The number of hydrogen-bond donors (Lipinski definition) is 1. The summed E-state index contributed by atoms with van der Waals surface area (Å²) in [7, 11) is -3.20. The molecule has 0 aliphatic carbocycles. The van der Waals surface area contributed by atoms with Crippen LogP contribution in [-0.2, 0) is 25.0 Å². The topological polar surface area (TPSA) is 75.7 Å². The van der Waals surface area contributed by atoms with Gasteiger partial charge >= 0.3 is 0 Å². The van der Waals surface area contributed by atoms with Crippen molar-refractivity contribution in [1.82, 2.24) is 9.62 Å². The van der Waals surface area contributed by atoms with Gasteiger partial charge in [0.25, 0.3) is 0 Å². The average molecular weight is 457 g/mol. The summed E-state index contributed by atoms with van der Waals surface area (Å²) in [6.07, 6.45) is 4.36. The minimum atomic E-state index is -3.20. The third-order valence-electron chi connectivity index (χ3n) is 6.46. The summed E-state index contributed by atoms with van der Waals surface area (Å²) in [6.45, 7) is 4.72. The van der Waals surface area contributed by atoms with Crippen LogP contribution >= 0.6 is 11.6 Å². The fourth-order valence-corrected chi connectivity index (χ4v) is 6.27. The van der Waals surface area contributed by atoms with Crippen molar-refractivity contribution in [1.29, 1.82) is 0 Å². The van der Waals surface area contributed by atoms with E-state index in [1.165, 1.54) is 0 Å². The van der Waals surface area contributed by atoms with Crippen LogP contribution in [0.3, 0.4) is 0 Å². The third kappa shape index (κ3) is 5.75. The van der Waals surface area contributed by atoms with Gasteiger partial charge < -0.3 is 10.1 Å². The summed E-state index contributed by atoms with van der Waals surface area (Å²) in [5.41, 5.74) is 0.957. The molecule has 0 atom stereocenters. The smallest absolute Gasteiger partial charge is 0.223 e. The van der Waals surface area contributed by atoms with Gasteiger partial charge in [-0.25, -0.2) is 12.7 Å². The van der Waals surface area contributed by atoms with Gasteiger partial charge in [0.2, 0.25) is 15.9 Å². The molecule has 30 heavy (non-hydrogen) atoms. The van der Waals surface area contributed by atoms with Crippen LogP contribution in [0.15, 0.2) is 24.3 Å². The van der Waals surface area contributed by atoms with Gasteiger partial charge in [-0.1, -0.05) is 37.1 Å². The molecule has 8 heteroatoms. The van der Waals surface area contributed by atoms with E-state index in [-0.39, 0.29) is 23.0 Å². The molecule has 0 unspecified atom stereocenters. The number of nitrogens with one attached hydrogen (secondary N) is 1. The van der Waals surface area contributed by atoms with E-state index in [1.54, 1.807) is 4.31 Å². The van der Waals surface area contributed by atoms with Crippen LogP contribution in [0.4, 0.5) is 0 Å². The molecular weight excluding hydrogens is 424 g/mol. The van der Waals surface area contributed by atoms with E-state index in [1.807, 2.05) is 25.1 Å². The van der Waals surface area contributed by atoms with Gasteiger partial charge in [-0.3, -0.25) is 4.79 Å². The zero-order valence-electron chi connectivity index (χ0n) is 17.7. The molecule has 1 amide bonds. The van der Waals surface area contributed by atoms with Crippen molar-refractivity contribution in [3.05, 3.63) is 34.9 Å². The number of sulfonamides is 1. The molecule has 3 rings (SSSR count). The van der Waals surface area contributed by atoms with Crippen LogP contribution < -0.4 is 5.32 Å². The van der Waals surface area contributed by atoms with Crippen LogP contribution in [0.1, 0.15) is 51.0 Å². The highest BCUT2D eigenvalue weighted by Gasteiger charge is 2.36. The van der Waals surface area contributed by atoms with Gasteiger partial charge in [0.05, 0.1) is 5.75 Å². The molecule has 0 aromatic heterocycles. The maximum absolute atomic E-state index is 12.9. The van der Waals surface area contributed by atoms with E-state index in [9.17, 15) is 13.2 Å². The fraction of sp³-hybridized carbons (Fsp3) is 0.682. The summed E-state index contributed by atoms with van der Waals surface area (Å²) in [5, 5.41) is 3.86. The van der Waals surface area contributed by atoms with Gasteiger partial charge in [-0.2, -0.15) is 0 Å². The Labute approximate surface area is 185 Å². The molecule has 1 aromatic carbocycles. The Morgan fingerprint density at radius 1 is 1.27 bits per heavy atom. The molecule has 1 aromatic rings. The van der Waals surface area contributed by atoms with Crippen molar-refractivity contribution >= 4 is 27.5 Å². The summed E-state index contributed by atoms with van der Waals surface area (Å²) in [5.74, 6) is 0.0808. The third-order valence-corrected chi connectivity index (χ3v) is 8.65. The zero-order valence-corrected chi connectivity index (χ0v) is 19.3. The summed E-state index contributed by atoms with van der Waals surface area (Å²) in [4.78, 5) is 12.9. The molecule has 0 saturated carbocycles. The van der Waals surface area contributed by atoms with E-state index < -0.39 is 10.0 Å². The van der Waals surface area contributed by atoms with Gasteiger partial charge in [0, 0.05) is 49.2 Å². The maximum Gasteiger partial charge on any atom is 0.223 e. The number of piperidine rings is 1. The number of benzene rings is 1. The number of nitrogens with zero attached hydrogens (tertiary/aromatic N) is 1. The summed E-state index contributed by atoms with van der Waals surface area (Å²) < 4.78 is 31.9. The number of unbranched alkanes of at least 4 members (excludes halogenated alkanes) is 1. The average Bonchev–Trinajstić information content (AvgIpc) is 2.77. The number of carbonyl (C=O) groups is 1. The van der Waals surface area contributed by atoms with E-state index in [0.717, 1.165) is 24.8 Å². The number of carbonyl (C=O) groups excluding carboxylic acids is 1. The quantitative estimate of drug-likeness (QED) is 0.650. The lowest BCUT2D eigenvalue weighted by Crippen LogP contribution is -2.48. The molecule has 0 bridgehead atoms. The molecule has 2 heterocycles. The number of ether oxygens (including phenoxy) is 1. The highest BCUT2D eigenvalue weighted by molar-refractivity contribution is 7.89. The van der Waals surface area contributed by atoms with Gasteiger partial charge in [0.15, 0.2) is 0 Å².